The maximum atomic E-state index is 13.8. The maximum absolute atomic E-state index is 13.8. The van der Waals surface area contributed by atoms with Crippen LogP contribution in [0.2, 0.25) is 0 Å². The average Bonchev–Trinajstić information content (AvgIpc) is 2.28. The molecule has 1 N–H and O–H groups in total. The summed E-state index contributed by atoms with van der Waals surface area (Å²) in [5.74, 6) is -0.671. The van der Waals surface area contributed by atoms with E-state index in [0.29, 0.717) is 24.1 Å². The van der Waals surface area contributed by atoms with E-state index < -0.39 is 5.82 Å². The highest BCUT2D eigenvalue weighted by Gasteiger charge is 2.23. The highest BCUT2D eigenvalue weighted by Crippen LogP contribution is 2.28. The monoisotopic (exact) mass is 235 g/mol. The number of halogens is 1. The van der Waals surface area contributed by atoms with Gasteiger partial charge in [0.2, 0.25) is 5.91 Å². The van der Waals surface area contributed by atoms with Crippen molar-refractivity contribution in [3.63, 3.8) is 0 Å². The van der Waals surface area contributed by atoms with Crippen molar-refractivity contribution in [2.45, 2.75) is 25.7 Å². The standard InChI is InChI=1S/C13H14FNO2/c1-8(16)9-2-3-11(12(14)6-9)10-4-5-15-13(17)7-10/h2-3,6,10H,4-5,7H2,1H3,(H,15,17)/t10-/m1/s1. The van der Waals surface area contributed by atoms with Crippen LogP contribution in [0.5, 0.6) is 0 Å². The van der Waals surface area contributed by atoms with Crippen LogP contribution >= 0.6 is 0 Å². The first-order valence-electron chi connectivity index (χ1n) is 5.65. The molecule has 1 aromatic rings. The molecular weight excluding hydrogens is 221 g/mol. The minimum absolute atomic E-state index is 0.0451. The number of carbonyl (C=O) groups is 2. The fourth-order valence-electron chi connectivity index (χ4n) is 2.13. The SMILES string of the molecule is CC(=O)c1ccc([C@@H]2CCNC(=O)C2)c(F)c1. The number of nitrogens with one attached hydrogen (secondary N) is 1. The summed E-state index contributed by atoms with van der Waals surface area (Å²) in [5.41, 5.74) is 0.899. The zero-order valence-corrected chi connectivity index (χ0v) is 9.63. The lowest BCUT2D eigenvalue weighted by Gasteiger charge is -2.22. The van der Waals surface area contributed by atoms with Crippen LogP contribution in [0.3, 0.4) is 0 Å². The Kier molecular flexibility index (Phi) is 3.22. The van der Waals surface area contributed by atoms with Gasteiger partial charge in [-0.15, -0.1) is 0 Å². The predicted molar refractivity (Wildman–Crippen MR) is 61.4 cm³/mol. The lowest BCUT2D eigenvalue weighted by atomic mass is 9.88. The zero-order valence-electron chi connectivity index (χ0n) is 9.63. The van der Waals surface area contributed by atoms with Crippen molar-refractivity contribution in [1.82, 2.24) is 5.32 Å². The Labute approximate surface area is 99.0 Å². The average molecular weight is 235 g/mol. The van der Waals surface area contributed by atoms with Crippen molar-refractivity contribution in [2.24, 2.45) is 0 Å². The molecule has 1 aliphatic heterocycles. The summed E-state index contributed by atoms with van der Waals surface area (Å²) in [7, 11) is 0. The van der Waals surface area contributed by atoms with E-state index in [1.807, 2.05) is 0 Å². The van der Waals surface area contributed by atoms with Crippen molar-refractivity contribution in [1.29, 1.82) is 0 Å². The van der Waals surface area contributed by atoms with Crippen molar-refractivity contribution in [3.8, 4) is 0 Å². The molecule has 1 atom stereocenters. The van der Waals surface area contributed by atoms with Crippen molar-refractivity contribution in [2.75, 3.05) is 6.54 Å². The zero-order chi connectivity index (χ0) is 12.4. The van der Waals surface area contributed by atoms with Crippen LogP contribution in [-0.4, -0.2) is 18.2 Å². The van der Waals surface area contributed by atoms with Crippen LogP contribution in [0.1, 0.15) is 41.6 Å². The highest BCUT2D eigenvalue weighted by molar-refractivity contribution is 5.94. The van der Waals surface area contributed by atoms with Gasteiger partial charge in [0.15, 0.2) is 5.78 Å². The molecule has 0 bridgehead atoms. The van der Waals surface area contributed by atoms with E-state index in [2.05, 4.69) is 5.32 Å². The number of benzene rings is 1. The smallest absolute Gasteiger partial charge is 0.220 e. The number of rotatable bonds is 2. The van der Waals surface area contributed by atoms with E-state index in [1.54, 1.807) is 12.1 Å². The molecule has 1 amide bonds. The van der Waals surface area contributed by atoms with Crippen LogP contribution in [0.4, 0.5) is 4.39 Å². The lowest BCUT2D eigenvalue weighted by molar-refractivity contribution is -0.122. The molecule has 4 heteroatoms. The van der Waals surface area contributed by atoms with E-state index in [0.717, 1.165) is 6.42 Å². The van der Waals surface area contributed by atoms with Crippen LogP contribution in [0.25, 0.3) is 0 Å². The Hall–Kier alpha value is -1.71. The molecule has 1 aliphatic rings. The predicted octanol–water partition coefficient (Wildman–Crippen LogP) is 2.02. The Balaban J connectivity index is 2.26. The summed E-state index contributed by atoms with van der Waals surface area (Å²) in [6, 6.07) is 4.49. The number of amides is 1. The van der Waals surface area contributed by atoms with E-state index in [4.69, 9.17) is 0 Å². The van der Waals surface area contributed by atoms with Gasteiger partial charge in [-0.2, -0.15) is 0 Å². The van der Waals surface area contributed by atoms with Crippen molar-refractivity contribution in [3.05, 3.63) is 35.1 Å². The Morgan fingerprint density at radius 3 is 2.82 bits per heavy atom. The third-order valence-corrected chi connectivity index (χ3v) is 3.09. The van der Waals surface area contributed by atoms with Crippen LogP contribution in [0.15, 0.2) is 18.2 Å². The van der Waals surface area contributed by atoms with E-state index in [9.17, 15) is 14.0 Å². The molecule has 1 fully saturated rings. The molecule has 0 aliphatic carbocycles. The second kappa shape index (κ2) is 4.65. The molecule has 0 unspecified atom stereocenters. The van der Waals surface area contributed by atoms with Gasteiger partial charge in [-0.05, 0) is 30.9 Å². The fourth-order valence-corrected chi connectivity index (χ4v) is 2.13. The summed E-state index contributed by atoms with van der Waals surface area (Å²) in [5, 5.41) is 2.72. The summed E-state index contributed by atoms with van der Waals surface area (Å²) < 4.78 is 13.8. The molecule has 0 spiro atoms. The molecule has 0 aromatic heterocycles. The number of piperidine rings is 1. The Morgan fingerprint density at radius 2 is 2.24 bits per heavy atom. The van der Waals surface area contributed by atoms with Gasteiger partial charge in [0, 0.05) is 18.5 Å². The van der Waals surface area contributed by atoms with Gasteiger partial charge in [-0.1, -0.05) is 12.1 Å². The molecule has 0 radical (unpaired) electrons. The summed E-state index contributed by atoms with van der Waals surface area (Å²) in [6.07, 6.45) is 1.05. The lowest BCUT2D eigenvalue weighted by Crippen LogP contribution is -2.32. The van der Waals surface area contributed by atoms with Gasteiger partial charge >= 0.3 is 0 Å². The van der Waals surface area contributed by atoms with Crippen LogP contribution < -0.4 is 5.32 Å². The second-order valence-electron chi connectivity index (χ2n) is 4.33. The quantitative estimate of drug-likeness (QED) is 0.797. The molecular formula is C13H14FNO2. The number of carbonyl (C=O) groups excluding carboxylic acids is 2. The molecule has 0 saturated carbocycles. The fraction of sp³-hybridized carbons (Fsp3) is 0.385. The third kappa shape index (κ3) is 2.52. The van der Waals surface area contributed by atoms with E-state index in [1.165, 1.54) is 13.0 Å². The molecule has 1 aromatic carbocycles. The summed E-state index contributed by atoms with van der Waals surface area (Å²) in [4.78, 5) is 22.4. The van der Waals surface area contributed by atoms with Crippen LogP contribution in [0, 0.1) is 5.82 Å². The Morgan fingerprint density at radius 1 is 1.47 bits per heavy atom. The van der Waals surface area contributed by atoms with Gasteiger partial charge in [0.25, 0.3) is 0 Å². The van der Waals surface area contributed by atoms with Crippen molar-refractivity contribution < 1.29 is 14.0 Å². The number of hydrogen-bond donors (Lipinski definition) is 1. The van der Waals surface area contributed by atoms with Gasteiger partial charge in [0.1, 0.15) is 5.82 Å². The topological polar surface area (TPSA) is 46.2 Å². The molecule has 1 saturated heterocycles. The minimum atomic E-state index is -0.391. The van der Waals surface area contributed by atoms with E-state index in [-0.39, 0.29) is 17.6 Å². The summed E-state index contributed by atoms with van der Waals surface area (Å²) >= 11 is 0. The first-order chi connectivity index (χ1) is 8.08. The normalized spacial score (nSPS) is 19.9. The third-order valence-electron chi connectivity index (χ3n) is 3.09. The highest BCUT2D eigenvalue weighted by atomic mass is 19.1. The van der Waals surface area contributed by atoms with Crippen LogP contribution in [-0.2, 0) is 4.79 Å². The maximum Gasteiger partial charge on any atom is 0.220 e. The largest absolute Gasteiger partial charge is 0.356 e. The van der Waals surface area contributed by atoms with E-state index >= 15 is 0 Å². The van der Waals surface area contributed by atoms with Gasteiger partial charge in [-0.3, -0.25) is 9.59 Å². The first-order valence-corrected chi connectivity index (χ1v) is 5.65. The minimum Gasteiger partial charge on any atom is -0.356 e. The number of Topliss-reactive ketones (excluding diaryl/α,β-unsaturated/α-hetero) is 1. The van der Waals surface area contributed by atoms with Gasteiger partial charge in [-0.25, -0.2) is 4.39 Å². The second-order valence-corrected chi connectivity index (χ2v) is 4.33. The molecule has 3 nitrogen and oxygen atoms in total. The molecule has 90 valence electrons. The van der Waals surface area contributed by atoms with Gasteiger partial charge in [0.05, 0.1) is 0 Å². The Bertz CT molecular complexity index is 470. The molecule has 17 heavy (non-hydrogen) atoms. The number of hydrogen-bond acceptors (Lipinski definition) is 2. The molecule has 2 rings (SSSR count). The molecule has 1 heterocycles. The van der Waals surface area contributed by atoms with Gasteiger partial charge < -0.3 is 5.32 Å². The van der Waals surface area contributed by atoms with Crippen molar-refractivity contribution >= 4 is 11.7 Å². The number of ketones is 1. The first kappa shape index (κ1) is 11.8. The summed E-state index contributed by atoms with van der Waals surface area (Å²) in [6.45, 7) is 1.99.